The molecule has 74 valence electrons. The first-order valence-corrected chi connectivity index (χ1v) is 4.67. The third kappa shape index (κ3) is 2.60. The first-order valence-electron chi connectivity index (χ1n) is 4.29. The highest BCUT2D eigenvalue weighted by molar-refractivity contribution is 6.28. The average Bonchev–Trinajstić information content (AvgIpc) is 2.16. The van der Waals surface area contributed by atoms with Crippen LogP contribution in [0.3, 0.4) is 0 Å². The average molecular weight is 211 g/mol. The summed E-state index contributed by atoms with van der Waals surface area (Å²) in [6.07, 6.45) is 0.778. The van der Waals surface area contributed by atoms with E-state index in [1.54, 1.807) is 12.1 Å². The SMILES string of the molecule is C=C(Cl)OC(=O)c1ccccc1CC. The molecule has 0 radical (unpaired) electrons. The van der Waals surface area contributed by atoms with Crippen molar-refractivity contribution in [2.75, 3.05) is 0 Å². The minimum Gasteiger partial charge on any atom is -0.411 e. The van der Waals surface area contributed by atoms with E-state index in [0.29, 0.717) is 5.56 Å². The van der Waals surface area contributed by atoms with Crippen LogP contribution >= 0.6 is 11.6 Å². The van der Waals surface area contributed by atoms with Crippen molar-refractivity contribution in [3.05, 3.63) is 47.2 Å². The molecule has 0 aliphatic heterocycles. The van der Waals surface area contributed by atoms with Crippen molar-refractivity contribution < 1.29 is 9.53 Å². The second-order valence-corrected chi connectivity index (χ2v) is 3.18. The predicted octanol–water partition coefficient (Wildman–Crippen LogP) is 3.12. The van der Waals surface area contributed by atoms with Gasteiger partial charge in [-0.3, -0.25) is 0 Å². The molecule has 14 heavy (non-hydrogen) atoms. The summed E-state index contributed by atoms with van der Waals surface area (Å²) >= 11 is 5.38. The minimum atomic E-state index is -0.456. The highest BCUT2D eigenvalue weighted by Crippen LogP contribution is 2.13. The summed E-state index contributed by atoms with van der Waals surface area (Å²) in [7, 11) is 0. The van der Waals surface area contributed by atoms with Crippen LogP contribution in [0.4, 0.5) is 0 Å². The third-order valence-electron chi connectivity index (χ3n) is 1.82. The van der Waals surface area contributed by atoms with Gasteiger partial charge in [-0.05, 0) is 36.2 Å². The van der Waals surface area contributed by atoms with Gasteiger partial charge in [0.05, 0.1) is 5.56 Å². The summed E-state index contributed by atoms with van der Waals surface area (Å²) in [6, 6.07) is 7.26. The molecule has 0 N–H and O–H groups in total. The fourth-order valence-electron chi connectivity index (χ4n) is 1.18. The van der Waals surface area contributed by atoms with Gasteiger partial charge in [-0.25, -0.2) is 4.79 Å². The van der Waals surface area contributed by atoms with Gasteiger partial charge < -0.3 is 4.74 Å². The number of rotatable bonds is 3. The van der Waals surface area contributed by atoms with Crippen LogP contribution in [-0.2, 0) is 11.2 Å². The lowest BCUT2D eigenvalue weighted by Crippen LogP contribution is -2.05. The molecule has 0 saturated carbocycles. The first-order chi connectivity index (χ1) is 6.65. The van der Waals surface area contributed by atoms with E-state index >= 15 is 0 Å². The van der Waals surface area contributed by atoms with Crippen LogP contribution in [0, 0.1) is 0 Å². The summed E-state index contributed by atoms with van der Waals surface area (Å²) in [4.78, 5) is 11.5. The zero-order chi connectivity index (χ0) is 10.6. The Morgan fingerprint density at radius 2 is 2.14 bits per heavy atom. The molecule has 0 spiro atoms. The monoisotopic (exact) mass is 210 g/mol. The number of hydrogen-bond acceptors (Lipinski definition) is 2. The maximum Gasteiger partial charge on any atom is 0.344 e. The second kappa shape index (κ2) is 4.82. The van der Waals surface area contributed by atoms with Crippen molar-refractivity contribution in [1.82, 2.24) is 0 Å². The van der Waals surface area contributed by atoms with Crippen molar-refractivity contribution in [3.8, 4) is 0 Å². The van der Waals surface area contributed by atoms with Crippen LogP contribution in [-0.4, -0.2) is 5.97 Å². The predicted molar refractivity (Wildman–Crippen MR) is 56.2 cm³/mol. The topological polar surface area (TPSA) is 26.3 Å². The van der Waals surface area contributed by atoms with E-state index in [2.05, 4.69) is 6.58 Å². The number of carbonyl (C=O) groups excluding carboxylic acids is 1. The Bertz CT molecular complexity index is 358. The van der Waals surface area contributed by atoms with E-state index in [0.717, 1.165) is 12.0 Å². The Balaban J connectivity index is 2.94. The summed E-state index contributed by atoms with van der Waals surface area (Å²) in [5, 5.41) is -0.110. The Morgan fingerprint density at radius 3 is 2.71 bits per heavy atom. The Labute approximate surface area is 88.1 Å². The van der Waals surface area contributed by atoms with Gasteiger partial charge in [0.2, 0.25) is 0 Å². The molecule has 3 heteroatoms. The van der Waals surface area contributed by atoms with Crippen molar-refractivity contribution in [3.63, 3.8) is 0 Å². The summed E-state index contributed by atoms with van der Waals surface area (Å²) in [6.45, 7) is 5.27. The largest absolute Gasteiger partial charge is 0.411 e. The molecule has 0 heterocycles. The molecule has 0 unspecified atom stereocenters. The molecule has 2 nitrogen and oxygen atoms in total. The molecule has 0 aromatic heterocycles. The molecule has 1 aromatic carbocycles. The van der Waals surface area contributed by atoms with Crippen molar-refractivity contribution in [1.29, 1.82) is 0 Å². The number of halogens is 1. The fraction of sp³-hybridized carbons (Fsp3) is 0.182. The lowest BCUT2D eigenvalue weighted by atomic mass is 10.1. The summed E-state index contributed by atoms with van der Waals surface area (Å²) < 4.78 is 4.71. The van der Waals surface area contributed by atoms with Crippen LogP contribution in [0.2, 0.25) is 0 Å². The number of carbonyl (C=O) groups is 1. The highest BCUT2D eigenvalue weighted by Gasteiger charge is 2.11. The summed E-state index contributed by atoms with van der Waals surface area (Å²) in [5.41, 5.74) is 1.48. The first kappa shape index (κ1) is 10.8. The number of ether oxygens (including phenoxy) is 1. The molecule has 0 aliphatic carbocycles. The van der Waals surface area contributed by atoms with Gasteiger partial charge in [-0.15, -0.1) is 0 Å². The van der Waals surface area contributed by atoms with Gasteiger partial charge in [0.25, 0.3) is 0 Å². The van der Waals surface area contributed by atoms with E-state index in [9.17, 15) is 4.79 Å². The molecule has 0 fully saturated rings. The van der Waals surface area contributed by atoms with Crippen molar-refractivity contribution in [2.24, 2.45) is 0 Å². The zero-order valence-corrected chi connectivity index (χ0v) is 8.67. The van der Waals surface area contributed by atoms with Crippen LogP contribution in [0.5, 0.6) is 0 Å². The van der Waals surface area contributed by atoms with Crippen molar-refractivity contribution >= 4 is 17.6 Å². The summed E-state index contributed by atoms with van der Waals surface area (Å²) in [5.74, 6) is -0.456. The molecule has 1 rings (SSSR count). The van der Waals surface area contributed by atoms with Gasteiger partial charge in [-0.2, -0.15) is 0 Å². The number of esters is 1. The van der Waals surface area contributed by atoms with Crippen LogP contribution in [0.25, 0.3) is 0 Å². The number of aryl methyl sites for hydroxylation is 1. The molecular weight excluding hydrogens is 200 g/mol. The Hall–Kier alpha value is -1.28. The fourth-order valence-corrected chi connectivity index (χ4v) is 1.25. The van der Waals surface area contributed by atoms with Crippen molar-refractivity contribution in [2.45, 2.75) is 13.3 Å². The van der Waals surface area contributed by atoms with E-state index in [-0.39, 0.29) is 5.22 Å². The van der Waals surface area contributed by atoms with Gasteiger partial charge >= 0.3 is 5.97 Å². The van der Waals surface area contributed by atoms with E-state index in [4.69, 9.17) is 16.3 Å². The number of hydrogen-bond donors (Lipinski definition) is 0. The van der Waals surface area contributed by atoms with Crippen LogP contribution in [0.15, 0.2) is 36.1 Å². The molecule has 0 saturated heterocycles. The number of benzene rings is 1. The van der Waals surface area contributed by atoms with Crippen LogP contribution < -0.4 is 0 Å². The normalized spacial score (nSPS) is 9.57. The molecular formula is C11H11ClO2. The van der Waals surface area contributed by atoms with Gasteiger partial charge in [0.15, 0.2) is 5.22 Å². The van der Waals surface area contributed by atoms with E-state index in [1.165, 1.54) is 0 Å². The smallest absolute Gasteiger partial charge is 0.344 e. The molecule has 1 aromatic rings. The maximum atomic E-state index is 11.5. The molecule has 0 aliphatic rings. The quantitative estimate of drug-likeness (QED) is 0.566. The van der Waals surface area contributed by atoms with Gasteiger partial charge in [-0.1, -0.05) is 25.1 Å². The second-order valence-electron chi connectivity index (χ2n) is 2.76. The zero-order valence-electron chi connectivity index (χ0n) is 7.92. The van der Waals surface area contributed by atoms with E-state index in [1.807, 2.05) is 19.1 Å². The maximum absolute atomic E-state index is 11.5. The molecule has 0 bridgehead atoms. The van der Waals surface area contributed by atoms with Gasteiger partial charge in [0, 0.05) is 0 Å². The lowest BCUT2D eigenvalue weighted by Gasteiger charge is -2.05. The Morgan fingerprint density at radius 1 is 1.50 bits per heavy atom. The minimum absolute atomic E-state index is 0.110. The molecule has 0 atom stereocenters. The lowest BCUT2D eigenvalue weighted by molar-refractivity contribution is 0.0649. The van der Waals surface area contributed by atoms with E-state index < -0.39 is 5.97 Å². The van der Waals surface area contributed by atoms with Crippen LogP contribution in [0.1, 0.15) is 22.8 Å². The molecule has 0 amide bonds. The Kier molecular flexibility index (Phi) is 3.72. The third-order valence-corrected chi connectivity index (χ3v) is 1.90. The standard InChI is InChI=1S/C11H11ClO2/c1-3-9-6-4-5-7-10(9)11(13)14-8(2)12/h4-7H,2-3H2,1H3. The van der Waals surface area contributed by atoms with Gasteiger partial charge in [0.1, 0.15) is 0 Å². The highest BCUT2D eigenvalue weighted by atomic mass is 35.5.